The van der Waals surface area contributed by atoms with Gasteiger partial charge in [0.05, 0.1) is 24.0 Å². The normalized spacial score (nSPS) is 10.9. The fourth-order valence-corrected chi connectivity index (χ4v) is 2.66. The quantitative estimate of drug-likeness (QED) is 0.555. The molecular weight excluding hydrogens is 330 g/mol. The van der Waals surface area contributed by atoms with Crippen molar-refractivity contribution >= 4 is 16.9 Å². The van der Waals surface area contributed by atoms with Crippen molar-refractivity contribution in [1.29, 1.82) is 0 Å². The molecular formula is C18H17N7O. The van der Waals surface area contributed by atoms with Gasteiger partial charge in [0.15, 0.2) is 5.82 Å². The number of H-pyrrole nitrogens is 1. The Balaban J connectivity index is 1.31. The van der Waals surface area contributed by atoms with Crippen LogP contribution in [0.15, 0.2) is 55.1 Å². The molecule has 0 spiro atoms. The first-order valence-corrected chi connectivity index (χ1v) is 8.28. The molecule has 0 aliphatic heterocycles. The van der Waals surface area contributed by atoms with E-state index in [1.807, 2.05) is 41.0 Å². The summed E-state index contributed by atoms with van der Waals surface area (Å²) in [5.41, 5.74) is 2.74. The number of aromatic amines is 1. The van der Waals surface area contributed by atoms with E-state index in [0.717, 1.165) is 16.6 Å². The second-order valence-corrected chi connectivity index (χ2v) is 5.81. The molecule has 8 heteroatoms. The molecule has 2 N–H and O–H groups in total. The molecule has 1 amide bonds. The zero-order chi connectivity index (χ0) is 17.8. The van der Waals surface area contributed by atoms with Gasteiger partial charge >= 0.3 is 0 Å². The molecule has 3 aromatic heterocycles. The maximum absolute atomic E-state index is 12.1. The summed E-state index contributed by atoms with van der Waals surface area (Å²) < 4.78 is 1.90. The summed E-state index contributed by atoms with van der Waals surface area (Å²) in [6.07, 6.45) is 5.94. The van der Waals surface area contributed by atoms with Crippen molar-refractivity contribution in [1.82, 2.24) is 35.0 Å². The molecule has 0 atom stereocenters. The van der Waals surface area contributed by atoms with Crippen molar-refractivity contribution < 1.29 is 4.79 Å². The molecule has 130 valence electrons. The van der Waals surface area contributed by atoms with Crippen LogP contribution in [-0.2, 0) is 17.9 Å². The first-order chi connectivity index (χ1) is 12.8. The third-order valence-electron chi connectivity index (χ3n) is 4.01. The van der Waals surface area contributed by atoms with Gasteiger partial charge in [0.25, 0.3) is 0 Å². The van der Waals surface area contributed by atoms with Gasteiger partial charge in [-0.05, 0) is 24.3 Å². The van der Waals surface area contributed by atoms with Gasteiger partial charge in [0.2, 0.25) is 5.91 Å². The van der Waals surface area contributed by atoms with Gasteiger partial charge in [-0.1, -0.05) is 12.1 Å². The first-order valence-electron chi connectivity index (χ1n) is 8.28. The number of rotatable bonds is 6. The second-order valence-electron chi connectivity index (χ2n) is 5.81. The molecule has 0 saturated carbocycles. The van der Waals surface area contributed by atoms with Gasteiger partial charge in [-0.15, -0.1) is 0 Å². The molecule has 0 bridgehead atoms. The highest BCUT2D eigenvalue weighted by molar-refractivity contribution is 5.77. The third-order valence-corrected chi connectivity index (χ3v) is 4.01. The zero-order valence-electron chi connectivity index (χ0n) is 14.0. The molecule has 1 aromatic carbocycles. The van der Waals surface area contributed by atoms with E-state index < -0.39 is 0 Å². The highest BCUT2D eigenvalue weighted by atomic mass is 16.1. The summed E-state index contributed by atoms with van der Waals surface area (Å²) in [5.74, 6) is 1.20. The Hall–Kier alpha value is -3.55. The molecule has 0 radical (unpaired) electrons. The van der Waals surface area contributed by atoms with E-state index in [1.54, 1.807) is 18.7 Å². The number of imidazole rings is 1. The number of pyridine rings is 1. The third kappa shape index (κ3) is 3.44. The lowest BCUT2D eigenvalue weighted by Crippen LogP contribution is -2.26. The average molecular weight is 347 g/mol. The van der Waals surface area contributed by atoms with Gasteiger partial charge in [-0.3, -0.25) is 14.9 Å². The molecule has 0 unspecified atom stereocenters. The van der Waals surface area contributed by atoms with Crippen LogP contribution < -0.4 is 5.32 Å². The monoisotopic (exact) mass is 347 g/mol. The summed E-state index contributed by atoms with van der Waals surface area (Å²) in [5, 5.41) is 9.93. The van der Waals surface area contributed by atoms with Crippen molar-refractivity contribution in [2.45, 2.75) is 19.5 Å². The molecule has 0 aliphatic carbocycles. The number of nitrogens with one attached hydrogen (secondary N) is 2. The Morgan fingerprint density at radius 1 is 1.19 bits per heavy atom. The number of carbonyl (C=O) groups excluding carboxylic acids is 1. The zero-order valence-corrected chi connectivity index (χ0v) is 14.0. The van der Waals surface area contributed by atoms with Gasteiger partial charge in [0.1, 0.15) is 5.82 Å². The van der Waals surface area contributed by atoms with Crippen LogP contribution in [0.3, 0.4) is 0 Å². The Morgan fingerprint density at radius 3 is 3.00 bits per heavy atom. The number of aryl methyl sites for hydroxylation is 1. The molecule has 3 heterocycles. The smallest absolute Gasteiger partial charge is 0.221 e. The standard InChI is InChI=1S/C18H17N7O/c26-17(21-12-25-11-20-14-5-1-2-6-15(14)25)8-7-16-22-18(24-23-16)13-4-3-9-19-10-13/h1-6,9-11H,7-8,12H2,(H,21,26)(H,22,23,24). The predicted octanol–water partition coefficient (Wildman–Crippen LogP) is 1.92. The lowest BCUT2D eigenvalue weighted by Gasteiger charge is -2.06. The summed E-state index contributed by atoms with van der Waals surface area (Å²) in [6.45, 7) is 0.386. The number of nitrogens with zero attached hydrogens (tertiary/aromatic N) is 5. The number of hydrogen-bond acceptors (Lipinski definition) is 5. The Bertz CT molecular complexity index is 1020. The number of fused-ring (bicyclic) bond motifs is 1. The Morgan fingerprint density at radius 2 is 2.12 bits per heavy atom. The van der Waals surface area contributed by atoms with E-state index in [4.69, 9.17) is 0 Å². The highest BCUT2D eigenvalue weighted by Crippen LogP contribution is 2.13. The fourth-order valence-electron chi connectivity index (χ4n) is 2.66. The minimum absolute atomic E-state index is 0.0536. The topological polar surface area (TPSA) is 101 Å². The minimum atomic E-state index is -0.0536. The van der Waals surface area contributed by atoms with Gasteiger partial charge in [-0.25, -0.2) is 9.97 Å². The summed E-state index contributed by atoms with van der Waals surface area (Å²) in [7, 11) is 0. The van der Waals surface area contributed by atoms with Gasteiger partial charge in [-0.2, -0.15) is 5.10 Å². The minimum Gasteiger partial charge on any atom is -0.338 e. The van der Waals surface area contributed by atoms with Crippen LogP contribution in [0.2, 0.25) is 0 Å². The number of amides is 1. The molecule has 8 nitrogen and oxygen atoms in total. The van der Waals surface area contributed by atoms with Crippen LogP contribution >= 0.6 is 0 Å². The van der Waals surface area contributed by atoms with Crippen molar-refractivity contribution in [3.8, 4) is 11.4 Å². The van der Waals surface area contributed by atoms with Crippen LogP contribution in [0.25, 0.3) is 22.4 Å². The Kier molecular flexibility index (Phi) is 4.38. The summed E-state index contributed by atoms with van der Waals surface area (Å²) in [6, 6.07) is 11.5. The molecule has 0 aliphatic rings. The summed E-state index contributed by atoms with van der Waals surface area (Å²) in [4.78, 5) is 24.9. The number of benzene rings is 1. The molecule has 4 aromatic rings. The maximum Gasteiger partial charge on any atom is 0.221 e. The van der Waals surface area contributed by atoms with E-state index in [2.05, 4.69) is 30.5 Å². The van der Waals surface area contributed by atoms with E-state index in [1.165, 1.54) is 0 Å². The van der Waals surface area contributed by atoms with Gasteiger partial charge in [0, 0.05) is 30.8 Å². The second kappa shape index (κ2) is 7.14. The molecule has 26 heavy (non-hydrogen) atoms. The van der Waals surface area contributed by atoms with Crippen LogP contribution in [-0.4, -0.2) is 35.6 Å². The first kappa shape index (κ1) is 15.9. The van der Waals surface area contributed by atoms with Gasteiger partial charge < -0.3 is 9.88 Å². The molecule has 0 saturated heterocycles. The summed E-state index contributed by atoms with van der Waals surface area (Å²) >= 11 is 0. The lowest BCUT2D eigenvalue weighted by atomic mass is 10.2. The lowest BCUT2D eigenvalue weighted by molar-refractivity contribution is -0.121. The number of carbonyl (C=O) groups is 1. The Labute approximate surface area is 149 Å². The van der Waals surface area contributed by atoms with E-state index in [0.29, 0.717) is 31.2 Å². The van der Waals surface area contributed by atoms with Crippen LogP contribution in [0, 0.1) is 0 Å². The van der Waals surface area contributed by atoms with E-state index in [9.17, 15) is 4.79 Å². The number of hydrogen-bond donors (Lipinski definition) is 2. The van der Waals surface area contributed by atoms with Crippen molar-refractivity contribution in [2.24, 2.45) is 0 Å². The SMILES string of the molecule is O=C(CCc1nc(-c2cccnc2)n[nH]1)NCn1cnc2ccccc21. The molecule has 0 fully saturated rings. The fraction of sp³-hybridized carbons (Fsp3) is 0.167. The van der Waals surface area contributed by atoms with E-state index >= 15 is 0 Å². The maximum atomic E-state index is 12.1. The highest BCUT2D eigenvalue weighted by Gasteiger charge is 2.09. The van der Waals surface area contributed by atoms with Crippen LogP contribution in [0.4, 0.5) is 0 Å². The molecule has 4 rings (SSSR count). The van der Waals surface area contributed by atoms with E-state index in [-0.39, 0.29) is 5.91 Å². The van der Waals surface area contributed by atoms with Crippen molar-refractivity contribution in [2.75, 3.05) is 0 Å². The van der Waals surface area contributed by atoms with Crippen LogP contribution in [0.1, 0.15) is 12.2 Å². The van der Waals surface area contributed by atoms with Crippen molar-refractivity contribution in [3.05, 3.63) is 60.9 Å². The number of para-hydroxylation sites is 2. The largest absolute Gasteiger partial charge is 0.338 e. The number of aromatic nitrogens is 6. The predicted molar refractivity (Wildman–Crippen MR) is 95.8 cm³/mol. The van der Waals surface area contributed by atoms with Crippen LogP contribution in [0.5, 0.6) is 0 Å². The average Bonchev–Trinajstić information content (AvgIpc) is 3.33. The van der Waals surface area contributed by atoms with Crippen molar-refractivity contribution in [3.63, 3.8) is 0 Å².